The van der Waals surface area contributed by atoms with Gasteiger partial charge in [-0.05, 0) is 25.1 Å². The van der Waals surface area contributed by atoms with Crippen LogP contribution >= 0.6 is 0 Å². The van der Waals surface area contributed by atoms with Crippen molar-refractivity contribution in [3.05, 3.63) is 23.8 Å². The van der Waals surface area contributed by atoms with Crippen LogP contribution in [0.15, 0.2) is 23.8 Å². The van der Waals surface area contributed by atoms with Gasteiger partial charge in [0.05, 0.1) is 0 Å². The number of carboxylic acids is 1. The first-order chi connectivity index (χ1) is 6.97. The number of hydrogen-bond donors (Lipinski definition) is 4. The molecular formula is C10H16N2O3. The number of carboxylic acid groups (broad SMARTS) is 1. The number of nitrogens with one attached hydrogen (secondary N) is 1. The molecule has 0 amide bonds. The number of carbonyl (C=O) groups is 1. The Morgan fingerprint density at radius 3 is 2.87 bits per heavy atom. The molecule has 0 bridgehead atoms. The molecule has 1 aliphatic carbocycles. The van der Waals surface area contributed by atoms with Gasteiger partial charge in [-0.1, -0.05) is 12.2 Å². The summed E-state index contributed by atoms with van der Waals surface area (Å²) < 4.78 is 0. The molecule has 84 valence electrons. The van der Waals surface area contributed by atoms with Crippen LogP contribution in [0, 0.1) is 0 Å². The molecule has 0 aromatic heterocycles. The van der Waals surface area contributed by atoms with Gasteiger partial charge in [0.15, 0.2) is 0 Å². The standard InChI is InChI=1S/C10H16N2O3/c1-12-10(15)4-2-7(3-5-10)6-8(11)9(13)14/h2-4,8,12,15H,5-6,11H2,1H3,(H,13,14)/t8-,10?/m0/s1. The number of likely N-dealkylation sites (N-methyl/N-ethyl adjacent to an activating group) is 1. The molecule has 0 saturated heterocycles. The Balaban J connectivity index is 2.56. The first-order valence-corrected chi connectivity index (χ1v) is 4.75. The summed E-state index contributed by atoms with van der Waals surface area (Å²) in [5.41, 5.74) is 5.22. The largest absolute Gasteiger partial charge is 0.480 e. The Morgan fingerprint density at radius 2 is 2.47 bits per heavy atom. The Kier molecular flexibility index (Phi) is 3.62. The molecule has 0 spiro atoms. The van der Waals surface area contributed by atoms with Crippen molar-refractivity contribution < 1.29 is 15.0 Å². The van der Waals surface area contributed by atoms with E-state index in [1.165, 1.54) is 0 Å². The van der Waals surface area contributed by atoms with E-state index in [4.69, 9.17) is 10.8 Å². The van der Waals surface area contributed by atoms with Crippen molar-refractivity contribution in [3.8, 4) is 0 Å². The van der Waals surface area contributed by atoms with Gasteiger partial charge in [-0.2, -0.15) is 0 Å². The van der Waals surface area contributed by atoms with E-state index in [1.54, 1.807) is 25.3 Å². The van der Waals surface area contributed by atoms with Crippen LogP contribution in [0.2, 0.25) is 0 Å². The molecular weight excluding hydrogens is 196 g/mol. The first kappa shape index (κ1) is 11.9. The summed E-state index contributed by atoms with van der Waals surface area (Å²) in [5, 5.41) is 21.1. The van der Waals surface area contributed by atoms with E-state index in [9.17, 15) is 9.90 Å². The van der Waals surface area contributed by atoms with Crippen LogP contribution in [0.5, 0.6) is 0 Å². The van der Waals surface area contributed by atoms with Crippen molar-refractivity contribution in [2.24, 2.45) is 5.73 Å². The van der Waals surface area contributed by atoms with Crippen LogP contribution in [-0.4, -0.2) is 35.0 Å². The zero-order valence-electron chi connectivity index (χ0n) is 8.60. The molecule has 0 heterocycles. The summed E-state index contributed by atoms with van der Waals surface area (Å²) in [6.45, 7) is 0. The quantitative estimate of drug-likeness (QED) is 0.475. The molecule has 5 nitrogen and oxygen atoms in total. The first-order valence-electron chi connectivity index (χ1n) is 4.75. The van der Waals surface area contributed by atoms with Crippen molar-refractivity contribution in [2.45, 2.75) is 24.6 Å². The van der Waals surface area contributed by atoms with E-state index in [-0.39, 0.29) is 6.42 Å². The van der Waals surface area contributed by atoms with Gasteiger partial charge in [0, 0.05) is 6.42 Å². The second-order valence-corrected chi connectivity index (χ2v) is 3.64. The van der Waals surface area contributed by atoms with Crippen LogP contribution in [0.4, 0.5) is 0 Å². The van der Waals surface area contributed by atoms with Crippen molar-refractivity contribution in [1.29, 1.82) is 0 Å². The third-order valence-electron chi connectivity index (χ3n) is 2.45. The average Bonchev–Trinajstić information content (AvgIpc) is 2.21. The predicted octanol–water partition coefficient (Wildman–Crippen LogP) is -0.417. The summed E-state index contributed by atoms with van der Waals surface area (Å²) in [5.74, 6) is -1.02. The van der Waals surface area contributed by atoms with E-state index in [0.29, 0.717) is 6.42 Å². The van der Waals surface area contributed by atoms with Crippen LogP contribution in [-0.2, 0) is 4.79 Å². The van der Waals surface area contributed by atoms with Gasteiger partial charge < -0.3 is 15.9 Å². The molecule has 1 aliphatic rings. The summed E-state index contributed by atoms with van der Waals surface area (Å²) in [6.07, 6.45) is 5.80. The molecule has 2 atom stereocenters. The van der Waals surface area contributed by atoms with Crippen LogP contribution in [0.3, 0.4) is 0 Å². The van der Waals surface area contributed by atoms with Crippen LogP contribution in [0.1, 0.15) is 12.8 Å². The van der Waals surface area contributed by atoms with E-state index in [2.05, 4.69) is 5.32 Å². The fourth-order valence-electron chi connectivity index (χ4n) is 1.35. The van der Waals surface area contributed by atoms with Gasteiger partial charge in [0.2, 0.25) is 0 Å². The molecule has 5 N–H and O–H groups in total. The normalized spacial score (nSPS) is 27.3. The van der Waals surface area contributed by atoms with Crippen LogP contribution < -0.4 is 11.1 Å². The van der Waals surface area contributed by atoms with Gasteiger partial charge in [0.25, 0.3) is 0 Å². The molecule has 15 heavy (non-hydrogen) atoms. The topological polar surface area (TPSA) is 95.6 Å². The second kappa shape index (κ2) is 4.57. The maximum atomic E-state index is 10.5. The Labute approximate surface area is 88.3 Å². The molecule has 0 fully saturated rings. The van der Waals surface area contributed by atoms with Gasteiger partial charge in [-0.15, -0.1) is 0 Å². The summed E-state index contributed by atoms with van der Waals surface area (Å²) in [6, 6.07) is -0.887. The molecule has 0 aromatic rings. The fourth-order valence-corrected chi connectivity index (χ4v) is 1.35. The molecule has 5 heteroatoms. The third kappa shape index (κ3) is 3.16. The summed E-state index contributed by atoms with van der Waals surface area (Å²) >= 11 is 0. The maximum Gasteiger partial charge on any atom is 0.320 e. The summed E-state index contributed by atoms with van der Waals surface area (Å²) in [4.78, 5) is 10.5. The van der Waals surface area contributed by atoms with Crippen molar-refractivity contribution >= 4 is 5.97 Å². The minimum atomic E-state index is -1.02. The minimum absolute atomic E-state index is 0.283. The molecule has 0 aromatic carbocycles. The zero-order chi connectivity index (χ0) is 11.5. The second-order valence-electron chi connectivity index (χ2n) is 3.64. The van der Waals surface area contributed by atoms with E-state index in [0.717, 1.165) is 5.57 Å². The Morgan fingerprint density at radius 1 is 1.80 bits per heavy atom. The maximum absolute atomic E-state index is 10.5. The zero-order valence-corrected chi connectivity index (χ0v) is 8.60. The highest BCUT2D eigenvalue weighted by Crippen LogP contribution is 2.20. The average molecular weight is 212 g/mol. The molecule has 0 saturated carbocycles. The number of aliphatic carboxylic acids is 1. The van der Waals surface area contributed by atoms with Gasteiger partial charge in [0.1, 0.15) is 11.8 Å². The monoisotopic (exact) mass is 212 g/mol. The predicted molar refractivity (Wildman–Crippen MR) is 56.1 cm³/mol. The van der Waals surface area contributed by atoms with Gasteiger partial charge >= 0.3 is 5.97 Å². The molecule has 1 rings (SSSR count). The van der Waals surface area contributed by atoms with Crippen molar-refractivity contribution in [1.82, 2.24) is 5.32 Å². The van der Waals surface area contributed by atoms with E-state index in [1.807, 2.05) is 0 Å². The van der Waals surface area contributed by atoms with Crippen molar-refractivity contribution in [2.75, 3.05) is 7.05 Å². The lowest BCUT2D eigenvalue weighted by Gasteiger charge is -2.26. The summed E-state index contributed by atoms with van der Waals surface area (Å²) in [7, 11) is 1.66. The fraction of sp³-hybridized carbons (Fsp3) is 0.500. The van der Waals surface area contributed by atoms with E-state index < -0.39 is 17.7 Å². The van der Waals surface area contributed by atoms with Crippen LogP contribution in [0.25, 0.3) is 0 Å². The molecule has 0 aliphatic heterocycles. The molecule has 0 radical (unpaired) electrons. The Hall–Kier alpha value is -1.17. The highest BCUT2D eigenvalue weighted by molar-refractivity contribution is 5.73. The lowest BCUT2D eigenvalue weighted by Crippen LogP contribution is -2.41. The molecule has 1 unspecified atom stereocenters. The minimum Gasteiger partial charge on any atom is -0.480 e. The number of nitrogens with two attached hydrogens (primary N) is 1. The van der Waals surface area contributed by atoms with Gasteiger partial charge in [-0.3, -0.25) is 10.1 Å². The highest BCUT2D eigenvalue weighted by atomic mass is 16.4. The SMILES string of the molecule is CNC1(O)C=CC(C[C@H](N)C(=O)O)=CC1. The smallest absolute Gasteiger partial charge is 0.320 e. The number of rotatable bonds is 4. The highest BCUT2D eigenvalue weighted by Gasteiger charge is 2.23. The number of hydrogen-bond acceptors (Lipinski definition) is 4. The van der Waals surface area contributed by atoms with E-state index >= 15 is 0 Å². The number of allylic oxidation sites excluding steroid dienone is 1. The van der Waals surface area contributed by atoms with Crippen molar-refractivity contribution in [3.63, 3.8) is 0 Å². The lowest BCUT2D eigenvalue weighted by molar-refractivity contribution is -0.138. The third-order valence-corrected chi connectivity index (χ3v) is 2.45. The Bertz CT molecular complexity index is 312. The van der Waals surface area contributed by atoms with Gasteiger partial charge in [-0.25, -0.2) is 0 Å². The number of aliphatic hydroxyl groups is 1. The lowest BCUT2D eigenvalue weighted by atomic mass is 9.96.